The van der Waals surface area contributed by atoms with Crippen LogP contribution in [0.2, 0.25) is 0 Å². The summed E-state index contributed by atoms with van der Waals surface area (Å²) >= 11 is 1.73. The number of carbonyl (C=O) groups is 1. The third kappa shape index (κ3) is 5.16. The first-order chi connectivity index (χ1) is 10.7. The number of hydrogen-bond acceptors (Lipinski definition) is 4. The van der Waals surface area contributed by atoms with Crippen molar-refractivity contribution in [1.82, 2.24) is 0 Å². The molecule has 2 rings (SSSR count). The Hall–Kier alpha value is -1.85. The maximum absolute atomic E-state index is 11.1. The first kappa shape index (κ1) is 16.5. The van der Waals surface area contributed by atoms with E-state index in [0.29, 0.717) is 19.6 Å². The number of benzene rings is 1. The summed E-state index contributed by atoms with van der Waals surface area (Å²) in [6, 6.07) is 11.6. The van der Waals surface area contributed by atoms with Gasteiger partial charge in [0.15, 0.2) is 6.10 Å². The summed E-state index contributed by atoms with van der Waals surface area (Å²) in [5.74, 6) is -0.137. The summed E-state index contributed by atoms with van der Waals surface area (Å²) in [4.78, 5) is 12.4. The highest BCUT2D eigenvalue weighted by molar-refractivity contribution is 7.09. The Morgan fingerprint density at radius 3 is 2.64 bits per heavy atom. The molecule has 0 spiro atoms. The molecule has 0 aliphatic heterocycles. The SMILES string of the molecule is CCOC(Cc1ccc(OCCc2cccs2)cc1)C(=O)O. The van der Waals surface area contributed by atoms with Gasteiger partial charge in [-0.3, -0.25) is 0 Å². The highest BCUT2D eigenvalue weighted by Crippen LogP contribution is 2.16. The minimum Gasteiger partial charge on any atom is -0.493 e. The predicted molar refractivity (Wildman–Crippen MR) is 86.7 cm³/mol. The molecular formula is C17H20O4S. The van der Waals surface area contributed by atoms with Gasteiger partial charge in [0.25, 0.3) is 0 Å². The average molecular weight is 320 g/mol. The van der Waals surface area contributed by atoms with E-state index in [4.69, 9.17) is 14.6 Å². The molecule has 1 heterocycles. The standard InChI is InChI=1S/C17H20O4S/c1-2-20-16(17(18)19)12-13-5-7-14(8-6-13)21-10-9-15-4-3-11-22-15/h3-8,11,16H,2,9-10,12H2,1H3,(H,18,19). The molecule has 0 saturated heterocycles. The monoisotopic (exact) mass is 320 g/mol. The number of aliphatic carboxylic acids is 1. The topological polar surface area (TPSA) is 55.8 Å². The highest BCUT2D eigenvalue weighted by Gasteiger charge is 2.17. The molecule has 118 valence electrons. The molecule has 2 aromatic rings. The molecule has 0 fully saturated rings. The molecule has 1 N–H and O–H groups in total. The molecular weight excluding hydrogens is 300 g/mol. The van der Waals surface area contributed by atoms with Crippen molar-refractivity contribution in [2.24, 2.45) is 0 Å². The van der Waals surface area contributed by atoms with E-state index in [0.717, 1.165) is 17.7 Å². The molecule has 0 saturated carbocycles. The summed E-state index contributed by atoms with van der Waals surface area (Å²) in [6.07, 6.45) is 0.458. The van der Waals surface area contributed by atoms with Crippen LogP contribution in [-0.4, -0.2) is 30.4 Å². The molecule has 1 atom stereocenters. The molecule has 22 heavy (non-hydrogen) atoms. The Bertz CT molecular complexity index is 563. The minimum atomic E-state index is -0.932. The summed E-state index contributed by atoms with van der Waals surface area (Å²) in [5.41, 5.74) is 0.923. The summed E-state index contributed by atoms with van der Waals surface area (Å²) in [5, 5.41) is 11.1. The molecule has 0 amide bonds. The van der Waals surface area contributed by atoms with E-state index in [1.54, 1.807) is 18.3 Å². The maximum atomic E-state index is 11.1. The number of carboxylic acid groups (broad SMARTS) is 1. The number of ether oxygens (including phenoxy) is 2. The van der Waals surface area contributed by atoms with Crippen LogP contribution in [0.4, 0.5) is 0 Å². The van der Waals surface area contributed by atoms with Crippen molar-refractivity contribution in [3.8, 4) is 5.75 Å². The van der Waals surface area contributed by atoms with Crippen molar-refractivity contribution in [2.75, 3.05) is 13.2 Å². The Morgan fingerprint density at radius 2 is 2.05 bits per heavy atom. The molecule has 1 aromatic carbocycles. The summed E-state index contributed by atoms with van der Waals surface area (Å²) in [6.45, 7) is 2.82. The average Bonchev–Trinajstić information content (AvgIpc) is 3.02. The molecule has 0 radical (unpaired) electrons. The largest absolute Gasteiger partial charge is 0.493 e. The van der Waals surface area contributed by atoms with E-state index < -0.39 is 12.1 Å². The van der Waals surface area contributed by atoms with Gasteiger partial charge in [-0.25, -0.2) is 4.79 Å². The summed E-state index contributed by atoms with van der Waals surface area (Å²) < 4.78 is 10.9. The lowest BCUT2D eigenvalue weighted by atomic mass is 10.1. The Labute approximate surface area is 134 Å². The van der Waals surface area contributed by atoms with Gasteiger partial charge in [0.1, 0.15) is 5.75 Å². The van der Waals surface area contributed by atoms with Crippen LogP contribution >= 0.6 is 11.3 Å². The van der Waals surface area contributed by atoms with Crippen molar-refractivity contribution in [3.05, 3.63) is 52.2 Å². The third-order valence-electron chi connectivity index (χ3n) is 3.19. The molecule has 0 bridgehead atoms. The van der Waals surface area contributed by atoms with Crippen molar-refractivity contribution in [3.63, 3.8) is 0 Å². The number of rotatable bonds is 9. The smallest absolute Gasteiger partial charge is 0.333 e. The van der Waals surface area contributed by atoms with Crippen molar-refractivity contribution >= 4 is 17.3 Å². The van der Waals surface area contributed by atoms with Gasteiger partial charge in [-0.05, 0) is 36.1 Å². The van der Waals surface area contributed by atoms with E-state index in [2.05, 4.69) is 11.4 Å². The van der Waals surface area contributed by atoms with Crippen LogP contribution in [0.15, 0.2) is 41.8 Å². The second kappa shape index (κ2) is 8.56. The van der Waals surface area contributed by atoms with Gasteiger partial charge >= 0.3 is 5.97 Å². The van der Waals surface area contributed by atoms with Crippen LogP contribution in [0.3, 0.4) is 0 Å². The Kier molecular flexibility index (Phi) is 6.43. The van der Waals surface area contributed by atoms with Gasteiger partial charge < -0.3 is 14.6 Å². The maximum Gasteiger partial charge on any atom is 0.333 e. The first-order valence-electron chi connectivity index (χ1n) is 7.27. The van der Waals surface area contributed by atoms with Gasteiger partial charge in [-0.1, -0.05) is 18.2 Å². The van der Waals surface area contributed by atoms with Crippen LogP contribution in [0.5, 0.6) is 5.75 Å². The zero-order chi connectivity index (χ0) is 15.8. The van der Waals surface area contributed by atoms with Gasteiger partial charge in [0, 0.05) is 24.3 Å². The van der Waals surface area contributed by atoms with E-state index in [1.807, 2.05) is 30.3 Å². The molecule has 5 heteroatoms. The zero-order valence-corrected chi connectivity index (χ0v) is 13.3. The van der Waals surface area contributed by atoms with Crippen molar-refractivity contribution in [1.29, 1.82) is 0 Å². The quantitative estimate of drug-likeness (QED) is 0.769. The molecule has 1 unspecified atom stereocenters. The predicted octanol–water partition coefficient (Wildman–Crippen LogP) is 3.40. The van der Waals surface area contributed by atoms with Gasteiger partial charge in [-0.2, -0.15) is 0 Å². The van der Waals surface area contributed by atoms with Gasteiger partial charge in [0.2, 0.25) is 0 Å². The van der Waals surface area contributed by atoms with Crippen molar-refractivity contribution < 1.29 is 19.4 Å². The molecule has 1 aromatic heterocycles. The molecule has 4 nitrogen and oxygen atoms in total. The number of thiophene rings is 1. The second-order valence-corrected chi connectivity index (χ2v) is 5.84. The van der Waals surface area contributed by atoms with Crippen LogP contribution in [0.1, 0.15) is 17.4 Å². The van der Waals surface area contributed by atoms with Gasteiger partial charge in [-0.15, -0.1) is 11.3 Å². The fraction of sp³-hybridized carbons (Fsp3) is 0.353. The lowest BCUT2D eigenvalue weighted by Crippen LogP contribution is -2.26. The normalized spacial score (nSPS) is 12.0. The van der Waals surface area contributed by atoms with Crippen LogP contribution in [0.25, 0.3) is 0 Å². The Balaban J connectivity index is 1.82. The van der Waals surface area contributed by atoms with Crippen LogP contribution in [0, 0.1) is 0 Å². The summed E-state index contributed by atoms with van der Waals surface area (Å²) in [7, 11) is 0. The zero-order valence-electron chi connectivity index (χ0n) is 12.5. The minimum absolute atomic E-state index is 0.360. The van der Waals surface area contributed by atoms with Crippen LogP contribution < -0.4 is 4.74 Å². The molecule has 0 aliphatic rings. The number of carboxylic acids is 1. The van der Waals surface area contributed by atoms with E-state index in [-0.39, 0.29) is 0 Å². The lowest BCUT2D eigenvalue weighted by Gasteiger charge is -2.12. The van der Waals surface area contributed by atoms with Crippen LogP contribution in [-0.2, 0) is 22.4 Å². The fourth-order valence-electron chi connectivity index (χ4n) is 2.08. The fourth-order valence-corrected chi connectivity index (χ4v) is 2.77. The van der Waals surface area contributed by atoms with E-state index in [9.17, 15) is 4.79 Å². The highest BCUT2D eigenvalue weighted by atomic mass is 32.1. The van der Waals surface area contributed by atoms with E-state index in [1.165, 1.54) is 4.88 Å². The third-order valence-corrected chi connectivity index (χ3v) is 4.12. The van der Waals surface area contributed by atoms with E-state index >= 15 is 0 Å². The molecule has 0 aliphatic carbocycles. The number of hydrogen-bond donors (Lipinski definition) is 1. The van der Waals surface area contributed by atoms with Crippen molar-refractivity contribution in [2.45, 2.75) is 25.9 Å². The lowest BCUT2D eigenvalue weighted by molar-refractivity contribution is -0.149. The second-order valence-electron chi connectivity index (χ2n) is 4.81. The Morgan fingerprint density at radius 1 is 1.27 bits per heavy atom. The first-order valence-corrected chi connectivity index (χ1v) is 8.15. The van der Waals surface area contributed by atoms with Gasteiger partial charge in [0.05, 0.1) is 6.61 Å².